The number of carboxylic acids is 1. The maximum absolute atomic E-state index is 13.1. The first-order chi connectivity index (χ1) is 14.7. The van der Waals surface area contributed by atoms with Crippen LogP contribution in [0.1, 0.15) is 59.0 Å². The largest absolute Gasteiger partial charge is 0.481 e. The Hall–Kier alpha value is -2.67. The van der Waals surface area contributed by atoms with E-state index in [-0.39, 0.29) is 12.5 Å². The number of hydrogen-bond donors (Lipinski definition) is 2. The van der Waals surface area contributed by atoms with Gasteiger partial charge in [0.05, 0.1) is 18.4 Å². The predicted octanol–water partition coefficient (Wildman–Crippen LogP) is 5.35. The summed E-state index contributed by atoms with van der Waals surface area (Å²) in [7, 11) is 0. The van der Waals surface area contributed by atoms with Crippen molar-refractivity contribution < 1.29 is 24.2 Å². The van der Waals surface area contributed by atoms with Gasteiger partial charge in [-0.25, -0.2) is 4.79 Å². The number of nitrogens with one attached hydrogen (secondary N) is 1. The predicted molar refractivity (Wildman–Crippen MR) is 122 cm³/mol. The zero-order chi connectivity index (χ0) is 22.7. The topological polar surface area (TPSA) is 92.7 Å². The highest BCUT2D eigenvalue weighted by molar-refractivity contribution is 7.17. The van der Waals surface area contributed by atoms with E-state index in [1.807, 2.05) is 39.0 Å². The van der Waals surface area contributed by atoms with Crippen LogP contribution in [-0.4, -0.2) is 29.6 Å². The summed E-state index contributed by atoms with van der Waals surface area (Å²) in [5, 5.41) is 12.8. The number of amides is 1. The minimum Gasteiger partial charge on any atom is -0.481 e. The molecule has 6 nitrogen and oxygen atoms in total. The fourth-order valence-electron chi connectivity index (χ4n) is 4.22. The number of esters is 1. The van der Waals surface area contributed by atoms with Gasteiger partial charge in [0.15, 0.2) is 0 Å². The summed E-state index contributed by atoms with van der Waals surface area (Å²) >= 11 is 1.32. The van der Waals surface area contributed by atoms with Crippen molar-refractivity contribution in [2.75, 3.05) is 11.9 Å². The lowest BCUT2D eigenvalue weighted by Gasteiger charge is -2.27. The number of carbonyl (C=O) groups excluding carboxylic acids is 2. The molecule has 0 bridgehead atoms. The molecule has 0 unspecified atom stereocenters. The van der Waals surface area contributed by atoms with E-state index in [2.05, 4.69) is 5.32 Å². The van der Waals surface area contributed by atoms with E-state index in [0.29, 0.717) is 23.4 Å². The number of anilines is 1. The molecule has 1 amide bonds. The minimum atomic E-state index is -0.941. The molecule has 2 atom stereocenters. The van der Waals surface area contributed by atoms with Crippen LogP contribution in [0.5, 0.6) is 0 Å². The SMILES string of the molecule is CCOC(=O)c1c(NC(=O)[C@@H]2CCCC[C@@H]2C(=O)O)sc(C)c1-c1ccc(C)c(C)c1. The summed E-state index contributed by atoms with van der Waals surface area (Å²) < 4.78 is 5.31. The van der Waals surface area contributed by atoms with E-state index in [1.165, 1.54) is 11.3 Å². The summed E-state index contributed by atoms with van der Waals surface area (Å²) in [5.74, 6) is -3.07. The van der Waals surface area contributed by atoms with Crippen LogP contribution in [0.25, 0.3) is 11.1 Å². The molecule has 1 saturated carbocycles. The molecule has 1 aliphatic carbocycles. The minimum absolute atomic E-state index is 0.219. The molecule has 1 aliphatic rings. The van der Waals surface area contributed by atoms with E-state index < -0.39 is 23.8 Å². The Morgan fingerprint density at radius 2 is 1.77 bits per heavy atom. The highest BCUT2D eigenvalue weighted by Gasteiger charge is 2.37. The third-order valence-corrected chi connectivity index (χ3v) is 7.04. The highest BCUT2D eigenvalue weighted by atomic mass is 32.1. The smallest absolute Gasteiger partial charge is 0.341 e. The van der Waals surface area contributed by atoms with Gasteiger partial charge < -0.3 is 15.2 Å². The van der Waals surface area contributed by atoms with Gasteiger partial charge in [0.2, 0.25) is 5.91 Å². The second-order valence-electron chi connectivity index (χ2n) is 8.08. The number of aliphatic carboxylic acids is 1. The number of carbonyl (C=O) groups is 3. The maximum atomic E-state index is 13.1. The molecule has 1 aromatic carbocycles. The van der Waals surface area contributed by atoms with Gasteiger partial charge in [-0.2, -0.15) is 0 Å². The Labute approximate surface area is 186 Å². The summed E-state index contributed by atoms with van der Waals surface area (Å²) in [6.45, 7) is 7.92. The van der Waals surface area contributed by atoms with Crippen LogP contribution in [0.4, 0.5) is 5.00 Å². The average molecular weight is 444 g/mol. The first-order valence-corrected chi connectivity index (χ1v) is 11.5. The monoisotopic (exact) mass is 443 g/mol. The molecule has 31 heavy (non-hydrogen) atoms. The van der Waals surface area contributed by atoms with Crippen molar-refractivity contribution in [2.24, 2.45) is 11.8 Å². The Bertz CT molecular complexity index is 1010. The third kappa shape index (κ3) is 4.82. The van der Waals surface area contributed by atoms with Gasteiger partial charge in [0, 0.05) is 10.4 Å². The van der Waals surface area contributed by atoms with E-state index in [1.54, 1.807) is 6.92 Å². The first kappa shape index (κ1) is 23.0. The number of rotatable bonds is 6. The summed E-state index contributed by atoms with van der Waals surface area (Å²) in [4.78, 5) is 38.5. The molecule has 0 saturated heterocycles. The van der Waals surface area contributed by atoms with Gasteiger partial charge >= 0.3 is 11.9 Å². The molecule has 1 fully saturated rings. The van der Waals surface area contributed by atoms with Crippen LogP contribution >= 0.6 is 11.3 Å². The Morgan fingerprint density at radius 3 is 2.39 bits per heavy atom. The van der Waals surface area contributed by atoms with Crippen LogP contribution < -0.4 is 5.32 Å². The summed E-state index contributed by atoms with van der Waals surface area (Å²) in [5.41, 5.74) is 4.24. The van der Waals surface area contributed by atoms with Crippen LogP contribution in [0.3, 0.4) is 0 Å². The highest BCUT2D eigenvalue weighted by Crippen LogP contribution is 2.42. The average Bonchev–Trinajstić information content (AvgIpc) is 3.05. The lowest BCUT2D eigenvalue weighted by molar-refractivity contribution is -0.147. The van der Waals surface area contributed by atoms with Gasteiger partial charge in [-0.3, -0.25) is 9.59 Å². The lowest BCUT2D eigenvalue weighted by atomic mass is 9.78. The van der Waals surface area contributed by atoms with Crippen LogP contribution in [0, 0.1) is 32.6 Å². The van der Waals surface area contributed by atoms with Crippen molar-refractivity contribution in [1.29, 1.82) is 0 Å². The van der Waals surface area contributed by atoms with Crippen molar-refractivity contribution in [1.82, 2.24) is 0 Å². The Kier molecular flexibility index (Phi) is 7.15. The van der Waals surface area contributed by atoms with E-state index >= 15 is 0 Å². The molecule has 0 spiro atoms. The molecule has 2 aromatic rings. The van der Waals surface area contributed by atoms with Gasteiger partial charge in [0.25, 0.3) is 0 Å². The summed E-state index contributed by atoms with van der Waals surface area (Å²) in [6, 6.07) is 6.00. The van der Waals surface area contributed by atoms with Crippen LogP contribution in [0.2, 0.25) is 0 Å². The van der Waals surface area contributed by atoms with Crippen molar-refractivity contribution in [3.63, 3.8) is 0 Å². The zero-order valence-electron chi connectivity index (χ0n) is 18.4. The van der Waals surface area contributed by atoms with Crippen LogP contribution in [-0.2, 0) is 14.3 Å². The maximum Gasteiger partial charge on any atom is 0.341 e. The lowest BCUT2D eigenvalue weighted by Crippen LogP contribution is -2.36. The molecule has 0 radical (unpaired) electrons. The number of hydrogen-bond acceptors (Lipinski definition) is 5. The van der Waals surface area contributed by atoms with Crippen LogP contribution in [0.15, 0.2) is 18.2 Å². The number of ether oxygens (including phenoxy) is 1. The zero-order valence-corrected chi connectivity index (χ0v) is 19.2. The molecular weight excluding hydrogens is 414 g/mol. The number of benzene rings is 1. The second-order valence-corrected chi connectivity index (χ2v) is 9.31. The van der Waals surface area contributed by atoms with E-state index in [4.69, 9.17) is 4.74 Å². The molecule has 2 N–H and O–H groups in total. The molecular formula is C24H29NO5S. The normalized spacial score (nSPS) is 18.5. The first-order valence-electron chi connectivity index (χ1n) is 10.7. The third-order valence-electron chi connectivity index (χ3n) is 6.02. The molecule has 1 aromatic heterocycles. The van der Waals surface area contributed by atoms with Crippen molar-refractivity contribution in [3.8, 4) is 11.1 Å². The standard InChI is InChI=1S/C24H29NO5S/c1-5-30-24(29)20-19(16-11-10-13(2)14(3)12-16)15(4)31-22(20)25-21(26)17-8-6-7-9-18(17)23(27)28/h10-12,17-18H,5-9H2,1-4H3,(H,25,26)(H,27,28)/t17-,18+/m1/s1. The Morgan fingerprint density at radius 1 is 1.10 bits per heavy atom. The van der Waals surface area contributed by atoms with E-state index in [0.717, 1.165) is 40.0 Å². The van der Waals surface area contributed by atoms with Gasteiger partial charge in [-0.1, -0.05) is 31.0 Å². The molecule has 166 valence electrons. The quantitative estimate of drug-likeness (QED) is 0.587. The molecule has 3 rings (SSSR count). The number of aryl methyl sites for hydroxylation is 3. The number of carboxylic acid groups (broad SMARTS) is 1. The number of thiophene rings is 1. The molecule has 7 heteroatoms. The van der Waals surface area contributed by atoms with Crippen molar-refractivity contribution in [3.05, 3.63) is 39.8 Å². The summed E-state index contributed by atoms with van der Waals surface area (Å²) in [6.07, 6.45) is 2.66. The van der Waals surface area contributed by atoms with Crippen molar-refractivity contribution >= 4 is 34.2 Å². The van der Waals surface area contributed by atoms with Gasteiger partial charge in [-0.15, -0.1) is 11.3 Å². The second kappa shape index (κ2) is 9.64. The van der Waals surface area contributed by atoms with E-state index in [9.17, 15) is 19.5 Å². The Balaban J connectivity index is 2.02. The van der Waals surface area contributed by atoms with Gasteiger partial charge in [0.1, 0.15) is 10.6 Å². The fraction of sp³-hybridized carbons (Fsp3) is 0.458. The molecule has 0 aliphatic heterocycles. The fourth-order valence-corrected chi connectivity index (χ4v) is 5.29. The molecule has 1 heterocycles. The van der Waals surface area contributed by atoms with Gasteiger partial charge in [-0.05, 0) is 57.2 Å². The van der Waals surface area contributed by atoms with Crippen molar-refractivity contribution in [2.45, 2.75) is 53.4 Å².